The second-order valence-electron chi connectivity index (χ2n) is 10.9. The first-order valence-corrected chi connectivity index (χ1v) is 11.5. The van der Waals surface area contributed by atoms with Gasteiger partial charge in [-0.3, -0.25) is 10.1 Å². The maximum atomic E-state index is 13.2. The van der Waals surface area contributed by atoms with Crippen LogP contribution in [-0.4, -0.2) is 39.4 Å². The number of esters is 2. The molecule has 0 unspecified atom stereocenters. The SMILES string of the molecule is CC(C)(C)N=C1OC(=O)C(C2(NC(C)(C)C)CCCCC2)=C1OC(=O)c1ccc([N+](=O)[O-])cc1. The van der Waals surface area contributed by atoms with Crippen LogP contribution in [0.3, 0.4) is 0 Å². The summed E-state index contributed by atoms with van der Waals surface area (Å²) in [5.74, 6) is -1.33. The number of nitrogens with one attached hydrogen (secondary N) is 1. The maximum absolute atomic E-state index is 13.2. The van der Waals surface area contributed by atoms with E-state index in [1.807, 2.05) is 41.5 Å². The van der Waals surface area contributed by atoms with Gasteiger partial charge >= 0.3 is 11.9 Å². The first kappa shape index (κ1) is 25.6. The lowest BCUT2D eigenvalue weighted by molar-refractivity contribution is -0.384. The summed E-state index contributed by atoms with van der Waals surface area (Å²) in [6, 6.07) is 5.11. The van der Waals surface area contributed by atoms with Crippen LogP contribution in [0.1, 0.15) is 84.0 Å². The highest BCUT2D eigenvalue weighted by Crippen LogP contribution is 2.41. The molecule has 184 valence electrons. The monoisotopic (exact) mass is 471 g/mol. The van der Waals surface area contributed by atoms with Gasteiger partial charge in [-0.15, -0.1) is 0 Å². The van der Waals surface area contributed by atoms with Crippen molar-refractivity contribution >= 4 is 23.5 Å². The minimum Gasteiger partial charge on any atom is -0.416 e. The Morgan fingerprint density at radius 1 is 1.09 bits per heavy atom. The zero-order chi connectivity index (χ0) is 25.3. The molecule has 1 aliphatic carbocycles. The number of carbonyl (C=O) groups excluding carboxylic acids is 2. The minimum absolute atomic E-state index is 0.0157. The van der Waals surface area contributed by atoms with Crippen molar-refractivity contribution in [2.24, 2.45) is 4.99 Å². The first-order valence-electron chi connectivity index (χ1n) is 11.5. The Balaban J connectivity index is 2.11. The van der Waals surface area contributed by atoms with Gasteiger partial charge in [0.15, 0.2) is 0 Å². The number of benzene rings is 1. The number of nitro benzene ring substituents is 1. The third-order valence-corrected chi connectivity index (χ3v) is 5.56. The van der Waals surface area contributed by atoms with E-state index in [9.17, 15) is 19.7 Å². The van der Waals surface area contributed by atoms with E-state index in [0.29, 0.717) is 12.8 Å². The summed E-state index contributed by atoms with van der Waals surface area (Å²) >= 11 is 0. The summed E-state index contributed by atoms with van der Waals surface area (Å²) < 4.78 is 11.4. The number of nitrogens with zero attached hydrogens (tertiary/aromatic N) is 2. The Morgan fingerprint density at radius 2 is 1.68 bits per heavy atom. The summed E-state index contributed by atoms with van der Waals surface area (Å²) in [6.07, 6.45) is 4.26. The predicted molar refractivity (Wildman–Crippen MR) is 128 cm³/mol. The maximum Gasteiger partial charge on any atom is 0.346 e. The van der Waals surface area contributed by atoms with Crippen molar-refractivity contribution in [3.63, 3.8) is 0 Å². The van der Waals surface area contributed by atoms with Gasteiger partial charge < -0.3 is 14.8 Å². The fraction of sp³-hybridized carbons (Fsp3) is 0.560. The molecule has 1 fully saturated rings. The van der Waals surface area contributed by atoms with E-state index in [0.717, 1.165) is 19.3 Å². The molecule has 0 spiro atoms. The van der Waals surface area contributed by atoms with Crippen molar-refractivity contribution in [1.29, 1.82) is 0 Å². The molecule has 1 N–H and O–H groups in total. The molecule has 1 saturated carbocycles. The molecule has 1 heterocycles. The van der Waals surface area contributed by atoms with E-state index in [-0.39, 0.29) is 34.0 Å². The Bertz CT molecular complexity index is 1040. The number of cyclic esters (lactones) is 1. The molecule has 9 heteroatoms. The molecule has 3 rings (SSSR count). The van der Waals surface area contributed by atoms with E-state index in [1.54, 1.807) is 0 Å². The molecule has 34 heavy (non-hydrogen) atoms. The van der Waals surface area contributed by atoms with Crippen molar-refractivity contribution < 1.29 is 24.0 Å². The quantitative estimate of drug-likeness (QED) is 0.370. The minimum atomic E-state index is -0.746. The second-order valence-corrected chi connectivity index (χ2v) is 10.9. The van der Waals surface area contributed by atoms with Crippen LogP contribution in [0.25, 0.3) is 0 Å². The molecule has 2 aliphatic rings. The topological polar surface area (TPSA) is 120 Å². The number of non-ortho nitro benzene ring substituents is 1. The number of hydrogen-bond donors (Lipinski definition) is 1. The summed E-state index contributed by atoms with van der Waals surface area (Å²) in [4.78, 5) is 41.2. The van der Waals surface area contributed by atoms with Gasteiger partial charge in [0.05, 0.1) is 21.6 Å². The van der Waals surface area contributed by atoms with Gasteiger partial charge in [0.2, 0.25) is 5.76 Å². The summed E-state index contributed by atoms with van der Waals surface area (Å²) in [6.45, 7) is 11.6. The van der Waals surface area contributed by atoms with Crippen LogP contribution < -0.4 is 5.32 Å². The van der Waals surface area contributed by atoms with E-state index in [1.165, 1.54) is 24.3 Å². The van der Waals surface area contributed by atoms with E-state index in [4.69, 9.17) is 9.47 Å². The summed E-state index contributed by atoms with van der Waals surface area (Å²) in [7, 11) is 0. The Labute approximate surface area is 199 Å². The number of nitro groups is 1. The average Bonchev–Trinajstić information content (AvgIpc) is 3.00. The van der Waals surface area contributed by atoms with Gasteiger partial charge in [-0.2, -0.15) is 0 Å². The number of carbonyl (C=O) groups is 2. The normalized spacial score (nSPS) is 19.8. The van der Waals surface area contributed by atoms with Gasteiger partial charge in [0.1, 0.15) is 5.57 Å². The van der Waals surface area contributed by atoms with E-state index in [2.05, 4.69) is 10.3 Å². The zero-order valence-corrected chi connectivity index (χ0v) is 20.7. The van der Waals surface area contributed by atoms with Crippen LogP contribution in [0.2, 0.25) is 0 Å². The van der Waals surface area contributed by atoms with Crippen LogP contribution in [0.15, 0.2) is 40.6 Å². The van der Waals surface area contributed by atoms with Gasteiger partial charge in [0.25, 0.3) is 11.6 Å². The molecule has 0 amide bonds. The number of aliphatic imine (C=N–C) groups is 1. The molecular formula is C25H33N3O6. The van der Waals surface area contributed by atoms with Crippen LogP contribution in [0.5, 0.6) is 0 Å². The van der Waals surface area contributed by atoms with Crippen LogP contribution in [0.4, 0.5) is 5.69 Å². The standard InChI is InChI=1S/C25H33N3O6/c1-23(2,3)26-20-19(33-21(29)16-10-12-17(13-11-16)28(31)32)18(22(30)34-20)25(27-24(4,5)6)14-8-7-9-15-25/h10-13,27H,7-9,14-15H2,1-6H3. The molecular weight excluding hydrogens is 438 g/mol. The Hall–Kier alpha value is -3.07. The largest absolute Gasteiger partial charge is 0.416 e. The molecule has 1 aromatic rings. The van der Waals surface area contributed by atoms with Crippen LogP contribution in [0, 0.1) is 10.1 Å². The Morgan fingerprint density at radius 3 is 2.18 bits per heavy atom. The van der Waals surface area contributed by atoms with Crippen molar-refractivity contribution in [2.75, 3.05) is 0 Å². The van der Waals surface area contributed by atoms with E-state index < -0.39 is 27.9 Å². The van der Waals surface area contributed by atoms with E-state index >= 15 is 0 Å². The second kappa shape index (κ2) is 9.29. The third-order valence-electron chi connectivity index (χ3n) is 5.56. The highest BCUT2D eigenvalue weighted by Gasteiger charge is 2.50. The van der Waals surface area contributed by atoms with Gasteiger partial charge in [-0.25, -0.2) is 14.6 Å². The summed E-state index contributed by atoms with van der Waals surface area (Å²) in [5.41, 5.74) is -1.38. The van der Waals surface area contributed by atoms with Gasteiger partial charge in [-0.05, 0) is 66.5 Å². The van der Waals surface area contributed by atoms with Crippen molar-refractivity contribution in [2.45, 2.75) is 90.3 Å². The lowest BCUT2D eigenvalue weighted by atomic mass is 9.74. The molecule has 0 bridgehead atoms. The van der Waals surface area contributed by atoms with Crippen molar-refractivity contribution in [1.82, 2.24) is 5.32 Å². The third kappa shape index (κ3) is 5.88. The van der Waals surface area contributed by atoms with Crippen LogP contribution in [-0.2, 0) is 14.3 Å². The molecule has 1 aliphatic heterocycles. The molecule has 0 radical (unpaired) electrons. The fourth-order valence-corrected chi connectivity index (χ4v) is 4.45. The highest BCUT2D eigenvalue weighted by molar-refractivity contribution is 6.16. The predicted octanol–water partition coefficient (Wildman–Crippen LogP) is 4.85. The van der Waals surface area contributed by atoms with Crippen molar-refractivity contribution in [3.05, 3.63) is 51.3 Å². The first-order chi connectivity index (χ1) is 15.7. The molecule has 0 atom stereocenters. The lowest BCUT2D eigenvalue weighted by Gasteiger charge is -2.43. The molecule has 0 aromatic heterocycles. The number of rotatable bonds is 5. The van der Waals surface area contributed by atoms with Crippen LogP contribution >= 0.6 is 0 Å². The molecule has 0 saturated heterocycles. The zero-order valence-electron chi connectivity index (χ0n) is 20.7. The van der Waals surface area contributed by atoms with Gasteiger partial charge in [-0.1, -0.05) is 19.3 Å². The Kier molecular flexibility index (Phi) is 6.98. The molecule has 9 nitrogen and oxygen atoms in total. The highest BCUT2D eigenvalue weighted by atomic mass is 16.6. The molecule has 1 aromatic carbocycles. The lowest BCUT2D eigenvalue weighted by Crippen LogP contribution is -2.57. The smallest absolute Gasteiger partial charge is 0.346 e. The van der Waals surface area contributed by atoms with Crippen molar-refractivity contribution in [3.8, 4) is 0 Å². The summed E-state index contributed by atoms with van der Waals surface area (Å²) in [5, 5.41) is 14.6. The fourth-order valence-electron chi connectivity index (χ4n) is 4.45. The number of ether oxygens (including phenoxy) is 2. The average molecular weight is 472 g/mol. The van der Waals surface area contributed by atoms with Gasteiger partial charge in [0, 0.05) is 17.7 Å². The number of hydrogen-bond acceptors (Lipinski definition) is 8.